The summed E-state index contributed by atoms with van der Waals surface area (Å²) in [6.07, 6.45) is 50.2. The van der Waals surface area contributed by atoms with Gasteiger partial charge in [0.05, 0.1) is 0 Å². The molecule has 0 spiro atoms. The summed E-state index contributed by atoms with van der Waals surface area (Å²) in [5, 5.41) is 0. The Morgan fingerprint density at radius 1 is 0.603 bits per heavy atom. The molecule has 1 aromatic rings. The minimum Gasteiger partial charge on any atom is -0.462 e. The summed E-state index contributed by atoms with van der Waals surface area (Å²) in [6.45, 7) is 6.98. The number of benzene rings is 1. The maximum absolute atomic E-state index is 13.0. The van der Waals surface area contributed by atoms with Crippen LogP contribution in [-0.4, -0.2) is 18.0 Å². The first-order valence-corrected chi connectivity index (χ1v) is 25.3. The van der Waals surface area contributed by atoms with Gasteiger partial charge in [-0.05, 0) is 144 Å². The van der Waals surface area contributed by atoms with E-state index >= 15 is 0 Å². The van der Waals surface area contributed by atoms with E-state index in [1.165, 1.54) is 165 Å². The fourth-order valence-corrected chi connectivity index (χ4v) is 10.8. The zero-order chi connectivity index (χ0) is 41.1. The number of hydrogen-bond donors (Lipinski definition) is 0. The van der Waals surface area contributed by atoms with Crippen molar-refractivity contribution in [2.45, 2.75) is 251 Å². The molecule has 3 aliphatic rings. The van der Waals surface area contributed by atoms with Crippen LogP contribution in [0.2, 0.25) is 0 Å². The molecule has 4 heteroatoms. The van der Waals surface area contributed by atoms with E-state index in [-0.39, 0.29) is 23.5 Å². The molecular weight excluding hydrogens is 713 g/mol. The summed E-state index contributed by atoms with van der Waals surface area (Å²) in [7, 11) is 0. The minimum absolute atomic E-state index is 0.0277. The molecule has 1 aromatic carbocycles. The molecule has 328 valence electrons. The standard InChI is InChI=1S/C54H88O4/c1-4-6-8-10-12-14-16-18-20-22-24-26-28-30-32-34-52(55)57-46-37-39-47-45(44-46)36-38-49-48(47)42-43-54(3)50(49)40-41-51(54)58-53(56)35-33-31-29-27-25-23-21-19-17-15-13-11-9-7-5-2/h18-21,37,39,44,48-51H,4-17,22-36,38,40-43H2,1-3H3/b20-18-,21-19-/t48-,49-,50+,51+,54+/m1/s1. The van der Waals surface area contributed by atoms with Gasteiger partial charge in [0, 0.05) is 18.3 Å². The number of aryl methyl sites for hydroxylation is 1. The van der Waals surface area contributed by atoms with Crippen molar-refractivity contribution in [3.63, 3.8) is 0 Å². The summed E-state index contributed by atoms with van der Waals surface area (Å²) >= 11 is 0. The van der Waals surface area contributed by atoms with E-state index in [0.29, 0.717) is 30.6 Å². The molecule has 5 atom stereocenters. The van der Waals surface area contributed by atoms with Gasteiger partial charge in [-0.2, -0.15) is 0 Å². The maximum atomic E-state index is 13.0. The fraction of sp³-hybridized carbons (Fsp3) is 0.778. The van der Waals surface area contributed by atoms with E-state index in [1.807, 2.05) is 6.07 Å². The van der Waals surface area contributed by atoms with E-state index < -0.39 is 0 Å². The zero-order valence-electron chi connectivity index (χ0n) is 38.0. The molecular formula is C54H88O4. The first kappa shape index (κ1) is 48.3. The van der Waals surface area contributed by atoms with Gasteiger partial charge < -0.3 is 9.47 Å². The molecule has 3 aliphatic carbocycles. The topological polar surface area (TPSA) is 52.6 Å². The number of allylic oxidation sites excluding steroid dienone is 4. The second kappa shape index (κ2) is 29.0. The number of ether oxygens (including phenoxy) is 2. The van der Waals surface area contributed by atoms with Crippen molar-refractivity contribution in [2.24, 2.45) is 17.3 Å². The van der Waals surface area contributed by atoms with E-state index in [9.17, 15) is 9.59 Å². The predicted molar refractivity (Wildman–Crippen MR) is 245 cm³/mol. The Hall–Kier alpha value is -2.36. The summed E-state index contributed by atoms with van der Waals surface area (Å²) in [4.78, 5) is 25.7. The summed E-state index contributed by atoms with van der Waals surface area (Å²) < 4.78 is 12.1. The van der Waals surface area contributed by atoms with Crippen LogP contribution in [0.5, 0.6) is 5.75 Å². The van der Waals surface area contributed by atoms with E-state index in [0.717, 1.165) is 57.1 Å². The van der Waals surface area contributed by atoms with Gasteiger partial charge in [0.15, 0.2) is 0 Å². The van der Waals surface area contributed by atoms with Gasteiger partial charge in [-0.15, -0.1) is 0 Å². The third-order valence-corrected chi connectivity index (χ3v) is 14.4. The highest BCUT2D eigenvalue weighted by atomic mass is 16.5. The Labute approximate surface area is 357 Å². The number of fused-ring (bicyclic) bond motifs is 5. The first-order chi connectivity index (χ1) is 28.5. The molecule has 4 nitrogen and oxygen atoms in total. The predicted octanol–water partition coefficient (Wildman–Crippen LogP) is 16.4. The number of carbonyl (C=O) groups excluding carboxylic acids is 2. The normalized spacial score (nSPS) is 22.6. The van der Waals surface area contributed by atoms with E-state index in [2.05, 4.69) is 57.2 Å². The van der Waals surface area contributed by atoms with Crippen molar-refractivity contribution in [3.05, 3.63) is 53.6 Å². The number of unbranched alkanes of at least 4 members (excludes halogenated alkanes) is 22. The van der Waals surface area contributed by atoms with Crippen molar-refractivity contribution in [1.29, 1.82) is 0 Å². The van der Waals surface area contributed by atoms with Crippen LogP contribution in [0.1, 0.15) is 250 Å². The molecule has 0 amide bonds. The molecule has 2 fully saturated rings. The Kier molecular flexibility index (Phi) is 24.1. The molecule has 0 unspecified atom stereocenters. The molecule has 0 bridgehead atoms. The fourth-order valence-electron chi connectivity index (χ4n) is 10.8. The number of carbonyl (C=O) groups is 2. The van der Waals surface area contributed by atoms with Gasteiger partial charge in [0.25, 0.3) is 0 Å². The summed E-state index contributed by atoms with van der Waals surface area (Å²) in [6, 6.07) is 6.46. The Balaban J connectivity index is 1.05. The van der Waals surface area contributed by atoms with Crippen molar-refractivity contribution in [2.75, 3.05) is 0 Å². The van der Waals surface area contributed by atoms with E-state index in [4.69, 9.17) is 9.47 Å². The van der Waals surface area contributed by atoms with Crippen LogP contribution < -0.4 is 4.74 Å². The Morgan fingerprint density at radius 2 is 1.10 bits per heavy atom. The lowest BCUT2D eigenvalue weighted by molar-refractivity contribution is -0.157. The van der Waals surface area contributed by atoms with Gasteiger partial charge in [-0.25, -0.2) is 0 Å². The summed E-state index contributed by atoms with van der Waals surface area (Å²) in [5.74, 6) is 2.47. The average molecular weight is 801 g/mol. The molecule has 4 rings (SSSR count). The maximum Gasteiger partial charge on any atom is 0.311 e. The lowest BCUT2D eigenvalue weighted by atomic mass is 9.55. The largest absolute Gasteiger partial charge is 0.462 e. The second-order valence-corrected chi connectivity index (χ2v) is 19.0. The molecule has 0 heterocycles. The zero-order valence-corrected chi connectivity index (χ0v) is 38.0. The van der Waals surface area contributed by atoms with Crippen LogP contribution in [0.15, 0.2) is 42.5 Å². The van der Waals surface area contributed by atoms with Gasteiger partial charge in [0.1, 0.15) is 11.9 Å². The van der Waals surface area contributed by atoms with Crippen molar-refractivity contribution >= 4 is 11.9 Å². The second-order valence-electron chi connectivity index (χ2n) is 19.0. The lowest BCUT2D eigenvalue weighted by Gasteiger charge is -2.50. The highest BCUT2D eigenvalue weighted by Crippen LogP contribution is 2.61. The highest BCUT2D eigenvalue weighted by molar-refractivity contribution is 5.72. The van der Waals surface area contributed by atoms with E-state index in [1.54, 1.807) is 0 Å². The van der Waals surface area contributed by atoms with Crippen LogP contribution in [-0.2, 0) is 20.7 Å². The SMILES string of the molecule is CCCCCCCC/C=C\CCCCCCCC(=O)Oc1ccc2c(c1)CC[C@@H]1[C@@H]2CC[C@]2(C)[C@@H](OC(=O)CCCCCCC/C=C\CCCCCCCC)CC[C@@H]12. The Bertz CT molecular complexity index is 1330. The quantitative estimate of drug-likeness (QED) is 0.0315. The van der Waals surface area contributed by atoms with Gasteiger partial charge in [0.2, 0.25) is 0 Å². The van der Waals surface area contributed by atoms with Crippen LogP contribution in [0.4, 0.5) is 0 Å². The molecule has 0 aromatic heterocycles. The van der Waals surface area contributed by atoms with Crippen molar-refractivity contribution in [1.82, 2.24) is 0 Å². The first-order valence-electron chi connectivity index (χ1n) is 25.3. The number of rotatable bonds is 32. The molecule has 0 N–H and O–H groups in total. The lowest BCUT2D eigenvalue weighted by Crippen LogP contribution is -2.45. The summed E-state index contributed by atoms with van der Waals surface area (Å²) in [5.41, 5.74) is 2.94. The number of esters is 2. The van der Waals surface area contributed by atoms with Gasteiger partial charge in [-0.1, -0.05) is 154 Å². The third kappa shape index (κ3) is 17.3. The smallest absolute Gasteiger partial charge is 0.311 e. The highest BCUT2D eigenvalue weighted by Gasteiger charge is 2.56. The molecule has 0 aliphatic heterocycles. The van der Waals surface area contributed by atoms with Crippen LogP contribution in [0, 0.1) is 17.3 Å². The number of hydrogen-bond acceptors (Lipinski definition) is 4. The molecule has 58 heavy (non-hydrogen) atoms. The molecule has 0 saturated heterocycles. The average Bonchev–Trinajstić information content (AvgIpc) is 3.55. The third-order valence-electron chi connectivity index (χ3n) is 14.4. The van der Waals surface area contributed by atoms with Crippen molar-refractivity contribution in [3.8, 4) is 5.75 Å². The monoisotopic (exact) mass is 801 g/mol. The van der Waals surface area contributed by atoms with Crippen LogP contribution in [0.3, 0.4) is 0 Å². The minimum atomic E-state index is -0.0940. The molecule has 0 radical (unpaired) electrons. The van der Waals surface area contributed by atoms with Crippen molar-refractivity contribution < 1.29 is 19.1 Å². The molecule has 2 saturated carbocycles. The van der Waals surface area contributed by atoms with Crippen LogP contribution in [0.25, 0.3) is 0 Å². The van der Waals surface area contributed by atoms with Crippen LogP contribution >= 0.6 is 0 Å². The van der Waals surface area contributed by atoms with Gasteiger partial charge in [-0.3, -0.25) is 9.59 Å². The Morgan fingerprint density at radius 3 is 1.66 bits per heavy atom. The van der Waals surface area contributed by atoms with Gasteiger partial charge >= 0.3 is 11.9 Å².